The van der Waals surface area contributed by atoms with Crippen LogP contribution >= 0.6 is 24.0 Å². The highest BCUT2D eigenvalue weighted by atomic mass is 127. The standard InChI is InChI=1S/C21H33FN6O.HI/c1-3-23-21(24-8-9-25-10-12-26(13-11-25)18(2)29)28-16-14-27(15-17-28)20-6-4-19(22)5-7-20;/h4-7H,3,8-17H2,1-2H3,(H,23,24);1H. The Morgan fingerprint density at radius 1 is 1.00 bits per heavy atom. The molecule has 2 aliphatic heterocycles. The van der Waals surface area contributed by atoms with E-state index in [1.54, 1.807) is 6.92 Å². The summed E-state index contributed by atoms with van der Waals surface area (Å²) in [6.07, 6.45) is 0. The van der Waals surface area contributed by atoms with Crippen molar-refractivity contribution in [2.24, 2.45) is 4.99 Å². The van der Waals surface area contributed by atoms with Gasteiger partial charge in [0, 0.05) is 78.1 Å². The van der Waals surface area contributed by atoms with E-state index in [1.165, 1.54) is 12.1 Å². The number of benzene rings is 1. The van der Waals surface area contributed by atoms with E-state index in [-0.39, 0.29) is 35.7 Å². The first-order valence-electron chi connectivity index (χ1n) is 10.6. The Morgan fingerprint density at radius 3 is 2.17 bits per heavy atom. The fraction of sp³-hybridized carbons (Fsp3) is 0.619. The predicted octanol–water partition coefficient (Wildman–Crippen LogP) is 1.70. The van der Waals surface area contributed by atoms with E-state index in [9.17, 15) is 9.18 Å². The minimum Gasteiger partial charge on any atom is -0.368 e. The van der Waals surface area contributed by atoms with Gasteiger partial charge in [-0.15, -0.1) is 24.0 Å². The molecular formula is C21H34FIN6O. The highest BCUT2D eigenvalue weighted by Crippen LogP contribution is 2.17. The lowest BCUT2D eigenvalue weighted by Crippen LogP contribution is -2.53. The zero-order valence-corrected chi connectivity index (χ0v) is 20.3. The molecule has 0 aromatic heterocycles. The minimum absolute atomic E-state index is 0. The van der Waals surface area contributed by atoms with Crippen molar-refractivity contribution < 1.29 is 9.18 Å². The molecule has 1 amide bonds. The summed E-state index contributed by atoms with van der Waals surface area (Å²) in [5.41, 5.74) is 1.07. The van der Waals surface area contributed by atoms with Gasteiger partial charge in [0.15, 0.2) is 5.96 Å². The number of anilines is 1. The van der Waals surface area contributed by atoms with Crippen molar-refractivity contribution in [3.8, 4) is 0 Å². The molecule has 0 saturated carbocycles. The molecular weight excluding hydrogens is 498 g/mol. The highest BCUT2D eigenvalue weighted by Gasteiger charge is 2.21. The maximum Gasteiger partial charge on any atom is 0.219 e. The van der Waals surface area contributed by atoms with Gasteiger partial charge in [0.05, 0.1) is 6.54 Å². The molecule has 2 heterocycles. The number of guanidine groups is 1. The van der Waals surface area contributed by atoms with Crippen molar-refractivity contribution in [3.05, 3.63) is 30.1 Å². The Morgan fingerprint density at radius 2 is 1.60 bits per heavy atom. The number of aliphatic imine (C=N–C) groups is 1. The van der Waals surface area contributed by atoms with E-state index in [2.05, 4.69) is 26.9 Å². The summed E-state index contributed by atoms with van der Waals surface area (Å²) in [4.78, 5) is 25.1. The zero-order chi connectivity index (χ0) is 20.6. The van der Waals surface area contributed by atoms with Crippen LogP contribution in [0.1, 0.15) is 13.8 Å². The van der Waals surface area contributed by atoms with Crippen LogP contribution in [0.4, 0.5) is 10.1 Å². The summed E-state index contributed by atoms with van der Waals surface area (Å²) in [5.74, 6) is 0.933. The van der Waals surface area contributed by atoms with E-state index in [0.717, 1.165) is 83.6 Å². The molecule has 0 aliphatic carbocycles. The second-order valence-corrected chi connectivity index (χ2v) is 7.53. The molecule has 7 nitrogen and oxygen atoms in total. The van der Waals surface area contributed by atoms with E-state index in [4.69, 9.17) is 4.99 Å². The van der Waals surface area contributed by atoms with Gasteiger partial charge >= 0.3 is 0 Å². The number of nitrogens with zero attached hydrogens (tertiary/aromatic N) is 5. The second kappa shape index (κ2) is 12.3. The first-order chi connectivity index (χ1) is 14.1. The first kappa shape index (κ1) is 24.6. The van der Waals surface area contributed by atoms with Crippen LogP contribution in [0.25, 0.3) is 0 Å². The molecule has 2 saturated heterocycles. The molecule has 2 aliphatic rings. The van der Waals surface area contributed by atoms with Crippen LogP contribution in [0.5, 0.6) is 0 Å². The predicted molar refractivity (Wildman–Crippen MR) is 130 cm³/mol. The maximum absolute atomic E-state index is 13.1. The van der Waals surface area contributed by atoms with Gasteiger partial charge in [-0.3, -0.25) is 14.7 Å². The number of halogens is 2. The molecule has 0 unspecified atom stereocenters. The quantitative estimate of drug-likeness (QED) is 0.356. The SMILES string of the molecule is CCNC(=NCCN1CCN(C(C)=O)CC1)N1CCN(c2ccc(F)cc2)CC1.I. The molecule has 30 heavy (non-hydrogen) atoms. The second-order valence-electron chi connectivity index (χ2n) is 7.53. The van der Waals surface area contributed by atoms with Crippen LogP contribution < -0.4 is 10.2 Å². The Balaban J connectivity index is 0.00000320. The van der Waals surface area contributed by atoms with Gasteiger partial charge in [-0.05, 0) is 31.2 Å². The lowest BCUT2D eigenvalue weighted by molar-refractivity contribution is -0.130. The Bertz CT molecular complexity index is 685. The third-order valence-electron chi connectivity index (χ3n) is 5.60. The number of amides is 1. The van der Waals surface area contributed by atoms with Gasteiger partial charge in [-0.2, -0.15) is 0 Å². The Kier molecular flexibility index (Phi) is 10.1. The van der Waals surface area contributed by atoms with E-state index in [1.807, 2.05) is 17.0 Å². The van der Waals surface area contributed by atoms with Crippen LogP contribution in [0.2, 0.25) is 0 Å². The van der Waals surface area contributed by atoms with Crippen LogP contribution in [0.15, 0.2) is 29.3 Å². The van der Waals surface area contributed by atoms with Crippen LogP contribution in [-0.4, -0.2) is 98.6 Å². The first-order valence-corrected chi connectivity index (χ1v) is 10.6. The molecule has 3 rings (SSSR count). The lowest BCUT2D eigenvalue weighted by atomic mass is 10.2. The molecule has 0 radical (unpaired) electrons. The van der Waals surface area contributed by atoms with Gasteiger partial charge in [0.1, 0.15) is 5.82 Å². The number of nitrogens with one attached hydrogen (secondary N) is 1. The van der Waals surface area contributed by atoms with Crippen LogP contribution in [-0.2, 0) is 4.79 Å². The Labute approximate surface area is 196 Å². The summed E-state index contributed by atoms with van der Waals surface area (Å²) >= 11 is 0. The van der Waals surface area contributed by atoms with Gasteiger partial charge in [0.25, 0.3) is 0 Å². The van der Waals surface area contributed by atoms with Gasteiger partial charge in [-0.1, -0.05) is 0 Å². The third kappa shape index (κ3) is 6.97. The van der Waals surface area contributed by atoms with Crippen molar-refractivity contribution >= 4 is 41.5 Å². The summed E-state index contributed by atoms with van der Waals surface area (Å²) < 4.78 is 13.1. The summed E-state index contributed by atoms with van der Waals surface area (Å²) in [7, 11) is 0. The number of carbonyl (C=O) groups is 1. The third-order valence-corrected chi connectivity index (χ3v) is 5.60. The topological polar surface area (TPSA) is 54.4 Å². The van der Waals surface area contributed by atoms with Gasteiger partial charge in [0.2, 0.25) is 5.91 Å². The van der Waals surface area contributed by atoms with Crippen molar-refractivity contribution in [1.82, 2.24) is 20.0 Å². The number of piperazine rings is 2. The summed E-state index contributed by atoms with van der Waals surface area (Å²) in [6, 6.07) is 6.72. The zero-order valence-electron chi connectivity index (χ0n) is 18.0. The van der Waals surface area contributed by atoms with Crippen LogP contribution in [0, 0.1) is 5.82 Å². The molecule has 1 aromatic carbocycles. The monoisotopic (exact) mass is 532 g/mol. The van der Waals surface area contributed by atoms with Crippen molar-refractivity contribution in [1.29, 1.82) is 0 Å². The van der Waals surface area contributed by atoms with Crippen molar-refractivity contribution in [2.75, 3.05) is 76.9 Å². The fourth-order valence-electron chi connectivity index (χ4n) is 3.84. The number of rotatable bonds is 5. The molecule has 168 valence electrons. The molecule has 9 heteroatoms. The fourth-order valence-corrected chi connectivity index (χ4v) is 3.84. The minimum atomic E-state index is -0.198. The van der Waals surface area contributed by atoms with Gasteiger partial charge < -0.3 is 20.0 Å². The smallest absolute Gasteiger partial charge is 0.219 e. The molecule has 0 spiro atoms. The molecule has 0 atom stereocenters. The van der Waals surface area contributed by atoms with Crippen molar-refractivity contribution in [2.45, 2.75) is 13.8 Å². The summed E-state index contributed by atoms with van der Waals surface area (Å²) in [5, 5.41) is 3.41. The number of hydrogen-bond donors (Lipinski definition) is 1. The highest BCUT2D eigenvalue weighted by molar-refractivity contribution is 14.0. The average Bonchev–Trinajstić information content (AvgIpc) is 2.74. The number of carbonyl (C=O) groups excluding carboxylic acids is 1. The van der Waals surface area contributed by atoms with Crippen molar-refractivity contribution in [3.63, 3.8) is 0 Å². The normalized spacial score (nSPS) is 18.2. The molecule has 2 fully saturated rings. The van der Waals surface area contributed by atoms with E-state index >= 15 is 0 Å². The molecule has 1 aromatic rings. The largest absolute Gasteiger partial charge is 0.368 e. The number of hydrogen-bond acceptors (Lipinski definition) is 4. The van der Waals surface area contributed by atoms with Gasteiger partial charge in [-0.25, -0.2) is 4.39 Å². The Hall–Kier alpha value is -1.62. The molecule has 0 bridgehead atoms. The van der Waals surface area contributed by atoms with E-state index < -0.39 is 0 Å². The molecule has 1 N–H and O–H groups in total. The maximum atomic E-state index is 13.1. The average molecular weight is 532 g/mol. The summed E-state index contributed by atoms with van der Waals surface area (Å²) in [6.45, 7) is 13.3. The van der Waals surface area contributed by atoms with E-state index in [0.29, 0.717) is 0 Å². The van der Waals surface area contributed by atoms with Crippen LogP contribution in [0.3, 0.4) is 0 Å². The lowest BCUT2D eigenvalue weighted by Gasteiger charge is -2.38.